The van der Waals surface area contributed by atoms with E-state index >= 15 is 0 Å². The minimum Gasteiger partial charge on any atom is -0.361 e. The molecule has 0 unspecified atom stereocenters. The second-order valence-electron chi connectivity index (χ2n) is 6.49. The van der Waals surface area contributed by atoms with Crippen molar-refractivity contribution < 1.29 is 13.2 Å². The molecule has 0 radical (unpaired) electrons. The second kappa shape index (κ2) is 7.94. The van der Waals surface area contributed by atoms with Crippen LogP contribution in [0.4, 0.5) is 0 Å². The normalized spacial score (nSPS) is 12.8. The Morgan fingerprint density at radius 3 is 2.56 bits per heavy atom. The number of aromatic nitrogens is 1. The monoisotopic (exact) mass is 385 g/mol. The van der Waals surface area contributed by atoms with Crippen molar-refractivity contribution in [2.24, 2.45) is 0 Å². The van der Waals surface area contributed by atoms with Crippen molar-refractivity contribution >= 4 is 26.8 Å². The number of benzene rings is 2. The van der Waals surface area contributed by atoms with Crippen LogP contribution >= 0.6 is 0 Å². The molecule has 3 aromatic rings. The molecule has 7 heteroatoms. The lowest BCUT2D eigenvalue weighted by Gasteiger charge is -2.12. The summed E-state index contributed by atoms with van der Waals surface area (Å²) in [5, 5.41) is 3.84. The van der Waals surface area contributed by atoms with Crippen LogP contribution in [-0.4, -0.2) is 25.4 Å². The van der Waals surface area contributed by atoms with Crippen LogP contribution in [-0.2, 0) is 16.6 Å². The fraction of sp³-hybridized carbons (Fsp3) is 0.250. The molecule has 0 saturated carbocycles. The van der Waals surface area contributed by atoms with Gasteiger partial charge in [0.15, 0.2) is 0 Å². The van der Waals surface area contributed by atoms with E-state index in [4.69, 9.17) is 0 Å². The minimum atomic E-state index is -3.67. The summed E-state index contributed by atoms with van der Waals surface area (Å²) in [7, 11) is -3.67. The molecule has 27 heavy (non-hydrogen) atoms. The van der Waals surface area contributed by atoms with Crippen LogP contribution in [0, 0.1) is 0 Å². The van der Waals surface area contributed by atoms with Gasteiger partial charge in [-0.3, -0.25) is 4.79 Å². The summed E-state index contributed by atoms with van der Waals surface area (Å²) in [4.78, 5) is 15.3. The highest BCUT2D eigenvalue weighted by atomic mass is 32.2. The molecule has 2 aromatic carbocycles. The van der Waals surface area contributed by atoms with Gasteiger partial charge in [-0.05, 0) is 55.3 Å². The number of carbonyl (C=O) groups excluding carboxylic acids is 1. The molecule has 3 rings (SSSR count). The SMILES string of the molecule is CC[C@H](C)NC(=O)c1ccc(S(=O)(=O)NCc2cccc3[nH]ccc23)cc1. The van der Waals surface area contributed by atoms with Crippen molar-refractivity contribution in [3.8, 4) is 0 Å². The van der Waals surface area contributed by atoms with Crippen LogP contribution < -0.4 is 10.0 Å². The highest BCUT2D eigenvalue weighted by molar-refractivity contribution is 7.89. The Morgan fingerprint density at radius 1 is 1.11 bits per heavy atom. The quantitative estimate of drug-likeness (QED) is 0.583. The lowest BCUT2D eigenvalue weighted by Crippen LogP contribution is -2.32. The third-order valence-corrected chi connectivity index (χ3v) is 5.97. The summed E-state index contributed by atoms with van der Waals surface area (Å²) in [5.41, 5.74) is 2.29. The first-order valence-corrected chi connectivity index (χ1v) is 10.3. The van der Waals surface area contributed by atoms with Crippen LogP contribution in [0.3, 0.4) is 0 Å². The van der Waals surface area contributed by atoms with E-state index < -0.39 is 10.0 Å². The number of hydrogen-bond acceptors (Lipinski definition) is 3. The summed E-state index contributed by atoms with van der Waals surface area (Å²) in [5.74, 6) is -0.208. The molecule has 142 valence electrons. The number of nitrogens with one attached hydrogen (secondary N) is 3. The average molecular weight is 385 g/mol. The van der Waals surface area contributed by atoms with Crippen molar-refractivity contribution in [1.82, 2.24) is 15.0 Å². The Hall–Kier alpha value is -2.64. The Balaban J connectivity index is 1.71. The standard InChI is InChI=1S/C20H23N3O3S/c1-3-14(2)23-20(24)15-7-9-17(10-8-15)27(25,26)22-13-16-5-4-6-19-18(16)11-12-21-19/h4-12,14,21-22H,3,13H2,1-2H3,(H,23,24)/t14-/m0/s1. The molecule has 0 aliphatic heterocycles. The van der Waals surface area contributed by atoms with Gasteiger partial charge in [-0.25, -0.2) is 13.1 Å². The third-order valence-electron chi connectivity index (χ3n) is 4.55. The molecule has 1 aromatic heterocycles. The molecule has 0 bridgehead atoms. The van der Waals surface area contributed by atoms with Crippen molar-refractivity contribution in [3.63, 3.8) is 0 Å². The molecular formula is C20H23N3O3S. The van der Waals surface area contributed by atoms with Crippen molar-refractivity contribution in [3.05, 3.63) is 65.9 Å². The van der Waals surface area contributed by atoms with Crippen LogP contribution in [0.1, 0.15) is 36.2 Å². The zero-order valence-corrected chi connectivity index (χ0v) is 16.1. The molecule has 3 N–H and O–H groups in total. The Kier molecular flexibility index (Phi) is 5.62. The van der Waals surface area contributed by atoms with Crippen molar-refractivity contribution in [1.29, 1.82) is 0 Å². The molecule has 0 aliphatic rings. The largest absolute Gasteiger partial charge is 0.361 e. The lowest BCUT2D eigenvalue weighted by atomic mass is 10.1. The van der Waals surface area contributed by atoms with Gasteiger partial charge in [-0.15, -0.1) is 0 Å². The molecule has 0 aliphatic carbocycles. The molecule has 0 saturated heterocycles. The molecule has 0 fully saturated rings. The van der Waals surface area contributed by atoms with Crippen LogP contribution in [0.5, 0.6) is 0 Å². The Morgan fingerprint density at radius 2 is 1.85 bits per heavy atom. The maximum absolute atomic E-state index is 12.6. The van der Waals surface area contributed by atoms with Gasteiger partial charge in [0, 0.05) is 35.2 Å². The first kappa shape index (κ1) is 19.1. The van der Waals surface area contributed by atoms with Crippen molar-refractivity contribution in [2.45, 2.75) is 37.8 Å². The summed E-state index contributed by atoms with van der Waals surface area (Å²) in [6.07, 6.45) is 2.65. The minimum absolute atomic E-state index is 0.0683. The molecule has 1 atom stereocenters. The van der Waals surface area contributed by atoms with E-state index in [2.05, 4.69) is 15.0 Å². The van der Waals surface area contributed by atoms with E-state index in [1.54, 1.807) is 0 Å². The highest BCUT2D eigenvalue weighted by Crippen LogP contribution is 2.18. The molecule has 1 amide bonds. The molecule has 0 spiro atoms. The lowest BCUT2D eigenvalue weighted by molar-refractivity contribution is 0.0939. The molecular weight excluding hydrogens is 362 g/mol. The van der Waals surface area contributed by atoms with Crippen LogP contribution in [0.25, 0.3) is 10.9 Å². The fourth-order valence-electron chi connectivity index (χ4n) is 2.76. The number of fused-ring (bicyclic) bond motifs is 1. The number of H-pyrrole nitrogens is 1. The summed E-state index contributed by atoms with van der Waals surface area (Å²) in [6, 6.07) is 13.7. The van der Waals surface area contributed by atoms with Gasteiger partial charge in [0.25, 0.3) is 5.91 Å². The van der Waals surface area contributed by atoms with Crippen LogP contribution in [0.15, 0.2) is 59.6 Å². The highest BCUT2D eigenvalue weighted by Gasteiger charge is 2.16. The van der Waals surface area contributed by atoms with E-state index in [0.717, 1.165) is 22.9 Å². The van der Waals surface area contributed by atoms with Gasteiger partial charge in [0.2, 0.25) is 10.0 Å². The molecule has 1 heterocycles. The summed E-state index contributed by atoms with van der Waals surface area (Å²) < 4.78 is 27.8. The maximum atomic E-state index is 12.6. The first-order valence-electron chi connectivity index (χ1n) is 8.86. The number of amides is 1. The van der Waals surface area contributed by atoms with Gasteiger partial charge in [0.05, 0.1) is 4.90 Å². The second-order valence-corrected chi connectivity index (χ2v) is 8.25. The van der Waals surface area contributed by atoms with Gasteiger partial charge >= 0.3 is 0 Å². The van der Waals surface area contributed by atoms with Crippen molar-refractivity contribution in [2.75, 3.05) is 0 Å². The van der Waals surface area contributed by atoms with E-state index in [-0.39, 0.29) is 23.4 Å². The zero-order chi connectivity index (χ0) is 19.4. The number of hydrogen-bond donors (Lipinski definition) is 3. The van der Waals surface area contributed by atoms with E-state index in [0.29, 0.717) is 5.56 Å². The smallest absolute Gasteiger partial charge is 0.251 e. The van der Waals surface area contributed by atoms with Gasteiger partial charge in [-0.1, -0.05) is 19.1 Å². The van der Waals surface area contributed by atoms with Gasteiger partial charge < -0.3 is 10.3 Å². The maximum Gasteiger partial charge on any atom is 0.251 e. The van der Waals surface area contributed by atoms with Gasteiger partial charge in [0.1, 0.15) is 0 Å². The number of carbonyl (C=O) groups is 1. The first-order chi connectivity index (χ1) is 12.9. The predicted molar refractivity (Wildman–Crippen MR) is 106 cm³/mol. The Bertz CT molecular complexity index is 1040. The number of sulfonamides is 1. The van der Waals surface area contributed by atoms with E-state index in [1.807, 2.05) is 44.3 Å². The summed E-state index contributed by atoms with van der Waals surface area (Å²) in [6.45, 7) is 4.10. The van der Waals surface area contributed by atoms with Gasteiger partial charge in [-0.2, -0.15) is 0 Å². The third kappa shape index (κ3) is 4.37. The molecule has 6 nitrogen and oxygen atoms in total. The number of aromatic amines is 1. The average Bonchev–Trinajstić information content (AvgIpc) is 3.15. The van der Waals surface area contributed by atoms with E-state index in [9.17, 15) is 13.2 Å². The topological polar surface area (TPSA) is 91.1 Å². The van der Waals surface area contributed by atoms with Crippen LogP contribution in [0.2, 0.25) is 0 Å². The fourth-order valence-corrected chi connectivity index (χ4v) is 3.76. The Labute approximate surface area is 159 Å². The zero-order valence-electron chi connectivity index (χ0n) is 15.3. The summed E-state index contributed by atoms with van der Waals surface area (Å²) >= 11 is 0. The predicted octanol–water partition coefficient (Wildman–Crippen LogP) is 3.17. The van der Waals surface area contributed by atoms with E-state index in [1.165, 1.54) is 24.3 Å². The number of rotatable bonds is 7.